The van der Waals surface area contributed by atoms with Crippen LogP contribution in [0, 0.1) is 5.82 Å². The molecule has 3 rings (SSSR count). The summed E-state index contributed by atoms with van der Waals surface area (Å²) in [7, 11) is 1.84. The van der Waals surface area contributed by atoms with Gasteiger partial charge in [-0.2, -0.15) is 0 Å². The minimum atomic E-state index is -0.304. The van der Waals surface area contributed by atoms with Gasteiger partial charge in [-0.05, 0) is 36.8 Å². The first-order valence-corrected chi connectivity index (χ1v) is 10.1. The Bertz CT molecular complexity index is 978. The van der Waals surface area contributed by atoms with Gasteiger partial charge >= 0.3 is 0 Å². The predicted octanol–water partition coefficient (Wildman–Crippen LogP) is 4.42. The maximum absolute atomic E-state index is 13.4. The molecule has 0 bridgehead atoms. The van der Waals surface area contributed by atoms with Crippen molar-refractivity contribution >= 4 is 29.3 Å². The fourth-order valence-electron chi connectivity index (χ4n) is 2.77. The number of hydrogen-bond donors (Lipinski definition) is 0. The standard InChI is InChI=1S/C20H20ClFN4OS/c1-3-26(12-14-7-6-8-15(22)11-14)18(27)13-28-20-24-23-19(25(20)2)16-9-4-5-10-17(16)21/h4-11H,3,12-13H2,1-2H3. The molecule has 146 valence electrons. The molecule has 5 nitrogen and oxygen atoms in total. The monoisotopic (exact) mass is 418 g/mol. The van der Waals surface area contributed by atoms with Crippen LogP contribution in [-0.4, -0.2) is 37.9 Å². The van der Waals surface area contributed by atoms with Gasteiger partial charge in [0.15, 0.2) is 11.0 Å². The summed E-state index contributed by atoms with van der Waals surface area (Å²) in [6, 6.07) is 13.7. The first-order valence-electron chi connectivity index (χ1n) is 8.79. The Morgan fingerprint density at radius 2 is 2.00 bits per heavy atom. The maximum atomic E-state index is 13.4. The third kappa shape index (κ3) is 4.72. The second kappa shape index (κ2) is 9.21. The van der Waals surface area contributed by atoms with Gasteiger partial charge in [0.05, 0.1) is 10.8 Å². The normalized spacial score (nSPS) is 10.9. The molecule has 8 heteroatoms. The quantitative estimate of drug-likeness (QED) is 0.533. The zero-order valence-corrected chi connectivity index (χ0v) is 17.2. The van der Waals surface area contributed by atoms with E-state index in [9.17, 15) is 9.18 Å². The molecule has 0 saturated heterocycles. The van der Waals surface area contributed by atoms with Crippen molar-refractivity contribution in [1.29, 1.82) is 0 Å². The van der Waals surface area contributed by atoms with Gasteiger partial charge in [-0.3, -0.25) is 4.79 Å². The summed E-state index contributed by atoms with van der Waals surface area (Å²) in [5, 5.41) is 9.62. The Hall–Kier alpha value is -2.38. The Labute approximate surface area is 172 Å². The van der Waals surface area contributed by atoms with Gasteiger partial charge in [-0.15, -0.1) is 10.2 Å². The second-order valence-electron chi connectivity index (χ2n) is 6.17. The van der Waals surface area contributed by atoms with E-state index in [4.69, 9.17) is 11.6 Å². The Morgan fingerprint density at radius 1 is 1.21 bits per heavy atom. The molecule has 28 heavy (non-hydrogen) atoms. The molecule has 0 atom stereocenters. The van der Waals surface area contributed by atoms with Gasteiger partial charge in [0.1, 0.15) is 5.82 Å². The van der Waals surface area contributed by atoms with Crippen LogP contribution in [0.4, 0.5) is 4.39 Å². The summed E-state index contributed by atoms with van der Waals surface area (Å²) in [6.45, 7) is 2.82. The predicted molar refractivity (Wildman–Crippen MR) is 110 cm³/mol. The zero-order chi connectivity index (χ0) is 20.1. The summed E-state index contributed by atoms with van der Waals surface area (Å²) in [5.41, 5.74) is 1.55. The Morgan fingerprint density at radius 3 is 2.71 bits per heavy atom. The number of amides is 1. The van der Waals surface area contributed by atoms with Crippen molar-refractivity contribution in [3.8, 4) is 11.4 Å². The van der Waals surface area contributed by atoms with Crippen molar-refractivity contribution in [1.82, 2.24) is 19.7 Å². The number of benzene rings is 2. The van der Waals surface area contributed by atoms with Crippen LogP contribution in [0.15, 0.2) is 53.7 Å². The highest BCUT2D eigenvalue weighted by Gasteiger charge is 2.17. The van der Waals surface area contributed by atoms with Crippen LogP contribution in [0.3, 0.4) is 0 Å². The molecule has 0 radical (unpaired) electrons. The van der Waals surface area contributed by atoms with Crippen LogP contribution in [0.25, 0.3) is 11.4 Å². The van der Waals surface area contributed by atoms with Crippen molar-refractivity contribution in [2.75, 3.05) is 12.3 Å². The number of rotatable bonds is 7. The third-order valence-corrected chi connectivity index (χ3v) is 5.61. The second-order valence-corrected chi connectivity index (χ2v) is 7.52. The Balaban J connectivity index is 1.66. The largest absolute Gasteiger partial charge is 0.338 e. The van der Waals surface area contributed by atoms with E-state index in [0.717, 1.165) is 11.1 Å². The summed E-state index contributed by atoms with van der Waals surface area (Å²) >= 11 is 7.56. The van der Waals surface area contributed by atoms with Crippen LogP contribution in [0.5, 0.6) is 0 Å². The molecule has 0 fully saturated rings. The molecular formula is C20H20ClFN4OS. The van der Waals surface area contributed by atoms with Crippen LogP contribution < -0.4 is 0 Å². The van der Waals surface area contributed by atoms with E-state index in [-0.39, 0.29) is 17.5 Å². The molecule has 3 aromatic rings. The van der Waals surface area contributed by atoms with Crippen LogP contribution >= 0.6 is 23.4 Å². The topological polar surface area (TPSA) is 51.0 Å². The van der Waals surface area contributed by atoms with Gasteiger partial charge < -0.3 is 9.47 Å². The zero-order valence-electron chi connectivity index (χ0n) is 15.6. The van der Waals surface area contributed by atoms with Gasteiger partial charge in [0.2, 0.25) is 5.91 Å². The number of hydrogen-bond acceptors (Lipinski definition) is 4. The molecule has 2 aromatic carbocycles. The van der Waals surface area contributed by atoms with E-state index < -0.39 is 0 Å². The minimum Gasteiger partial charge on any atom is -0.338 e. The highest BCUT2D eigenvalue weighted by atomic mass is 35.5. The van der Waals surface area contributed by atoms with Crippen molar-refractivity contribution in [3.63, 3.8) is 0 Å². The van der Waals surface area contributed by atoms with Crippen LogP contribution in [0.1, 0.15) is 12.5 Å². The molecule has 0 aliphatic carbocycles. The molecule has 0 unspecified atom stereocenters. The highest BCUT2D eigenvalue weighted by Crippen LogP contribution is 2.28. The molecule has 0 N–H and O–H groups in total. The van der Waals surface area contributed by atoms with E-state index in [0.29, 0.717) is 29.1 Å². The van der Waals surface area contributed by atoms with Gasteiger partial charge in [0.25, 0.3) is 0 Å². The smallest absolute Gasteiger partial charge is 0.233 e. The van der Waals surface area contributed by atoms with Gasteiger partial charge in [-0.25, -0.2) is 4.39 Å². The van der Waals surface area contributed by atoms with Gasteiger partial charge in [-0.1, -0.05) is 47.6 Å². The number of thioether (sulfide) groups is 1. The van der Waals surface area contributed by atoms with Crippen molar-refractivity contribution in [3.05, 3.63) is 64.9 Å². The summed E-state index contributed by atoms with van der Waals surface area (Å²) in [5.74, 6) is 0.519. The number of aromatic nitrogens is 3. The van der Waals surface area contributed by atoms with Crippen LogP contribution in [-0.2, 0) is 18.4 Å². The molecule has 0 spiro atoms. The third-order valence-electron chi connectivity index (χ3n) is 4.27. The lowest BCUT2D eigenvalue weighted by molar-refractivity contribution is -0.128. The molecule has 0 aliphatic heterocycles. The van der Waals surface area contributed by atoms with Crippen molar-refractivity contribution < 1.29 is 9.18 Å². The number of carbonyl (C=O) groups is 1. The minimum absolute atomic E-state index is 0.0425. The van der Waals surface area contributed by atoms with Gasteiger partial charge in [0, 0.05) is 25.7 Å². The highest BCUT2D eigenvalue weighted by molar-refractivity contribution is 7.99. The molecule has 0 saturated carbocycles. The number of carbonyl (C=O) groups excluding carboxylic acids is 1. The van der Waals surface area contributed by atoms with Crippen molar-refractivity contribution in [2.45, 2.75) is 18.6 Å². The average Bonchev–Trinajstić information content (AvgIpc) is 3.05. The molecular weight excluding hydrogens is 399 g/mol. The lowest BCUT2D eigenvalue weighted by Gasteiger charge is -2.20. The molecule has 1 heterocycles. The number of nitrogens with zero attached hydrogens (tertiary/aromatic N) is 4. The van der Waals surface area contributed by atoms with E-state index in [1.54, 1.807) is 17.0 Å². The Kier molecular flexibility index (Phi) is 6.70. The average molecular weight is 419 g/mol. The van der Waals surface area contributed by atoms with E-state index in [2.05, 4.69) is 10.2 Å². The van der Waals surface area contributed by atoms with E-state index in [1.165, 1.54) is 23.9 Å². The maximum Gasteiger partial charge on any atom is 0.233 e. The lowest BCUT2D eigenvalue weighted by atomic mass is 10.2. The molecule has 1 aromatic heterocycles. The van der Waals surface area contributed by atoms with E-state index in [1.807, 2.05) is 42.8 Å². The van der Waals surface area contributed by atoms with Crippen molar-refractivity contribution in [2.24, 2.45) is 7.05 Å². The van der Waals surface area contributed by atoms with E-state index >= 15 is 0 Å². The summed E-state index contributed by atoms with van der Waals surface area (Å²) in [4.78, 5) is 14.3. The summed E-state index contributed by atoms with van der Waals surface area (Å²) in [6.07, 6.45) is 0. The fraction of sp³-hybridized carbons (Fsp3) is 0.250. The summed E-state index contributed by atoms with van der Waals surface area (Å²) < 4.78 is 15.2. The molecule has 0 aliphatic rings. The van der Waals surface area contributed by atoms with Crippen LogP contribution in [0.2, 0.25) is 5.02 Å². The SMILES string of the molecule is CCN(Cc1cccc(F)c1)C(=O)CSc1nnc(-c2ccccc2Cl)n1C. The molecule has 1 amide bonds. The fourth-order valence-corrected chi connectivity index (χ4v) is 3.80. The first-order chi connectivity index (χ1) is 13.5. The first kappa shape index (κ1) is 20.4. The number of halogens is 2. The lowest BCUT2D eigenvalue weighted by Crippen LogP contribution is -2.31.